The van der Waals surface area contributed by atoms with Crippen LogP contribution >= 0.6 is 23.8 Å². The van der Waals surface area contributed by atoms with Gasteiger partial charge >= 0.3 is 0 Å². The van der Waals surface area contributed by atoms with Crippen molar-refractivity contribution in [3.8, 4) is 0 Å². The van der Waals surface area contributed by atoms with Crippen molar-refractivity contribution >= 4 is 40.7 Å². The van der Waals surface area contributed by atoms with Gasteiger partial charge in [0.1, 0.15) is 0 Å². The number of hydrogen-bond donors (Lipinski definition) is 4. The summed E-state index contributed by atoms with van der Waals surface area (Å²) in [6.45, 7) is 4.31. The van der Waals surface area contributed by atoms with Crippen molar-refractivity contribution in [2.45, 2.75) is 39.2 Å². The third-order valence-corrected chi connectivity index (χ3v) is 5.33. The molecule has 1 fully saturated rings. The van der Waals surface area contributed by atoms with Crippen molar-refractivity contribution in [2.24, 2.45) is 11.8 Å². The third kappa shape index (κ3) is 6.14. The highest BCUT2D eigenvalue weighted by Gasteiger charge is 2.27. The molecule has 1 aliphatic carbocycles. The Morgan fingerprint density at radius 1 is 1.15 bits per heavy atom. The number of halogens is 1. The molecule has 2 rings (SSSR count). The maximum atomic E-state index is 11.9. The smallest absolute Gasteiger partial charge is 0.257 e. The zero-order valence-electron chi connectivity index (χ0n) is 15.0. The molecule has 0 heterocycles. The van der Waals surface area contributed by atoms with E-state index in [-0.39, 0.29) is 18.4 Å². The maximum Gasteiger partial charge on any atom is 0.257 e. The average molecular weight is 397 g/mol. The first kappa shape index (κ1) is 20.5. The number of amides is 2. The van der Waals surface area contributed by atoms with E-state index in [1.54, 1.807) is 24.3 Å². The van der Waals surface area contributed by atoms with Crippen LogP contribution in [-0.4, -0.2) is 29.5 Å². The van der Waals surface area contributed by atoms with Crippen LogP contribution in [0.1, 0.15) is 43.5 Å². The molecule has 4 N–H and O–H groups in total. The topological polar surface area (TPSA) is 82.3 Å². The quantitative estimate of drug-likeness (QED) is 0.464. The molecule has 2 amide bonds. The van der Waals surface area contributed by atoms with Gasteiger partial charge in [0.25, 0.3) is 11.8 Å². The summed E-state index contributed by atoms with van der Waals surface area (Å²) in [7, 11) is 0. The van der Waals surface area contributed by atoms with Crippen LogP contribution in [0, 0.1) is 11.8 Å². The molecule has 1 aliphatic rings. The van der Waals surface area contributed by atoms with E-state index in [4.69, 9.17) is 23.8 Å². The van der Waals surface area contributed by atoms with Crippen LogP contribution in [0.5, 0.6) is 0 Å². The van der Waals surface area contributed by atoms with Crippen molar-refractivity contribution in [3.63, 3.8) is 0 Å². The van der Waals surface area contributed by atoms with Crippen LogP contribution in [0.15, 0.2) is 24.3 Å². The third-order valence-electron chi connectivity index (χ3n) is 4.85. The summed E-state index contributed by atoms with van der Waals surface area (Å²) in [6, 6.07) is 6.74. The number of carbonyl (C=O) groups is 2. The molecule has 1 aromatic rings. The second kappa shape index (κ2) is 9.73. The zero-order valence-corrected chi connectivity index (χ0v) is 16.5. The highest BCUT2D eigenvalue weighted by molar-refractivity contribution is 7.80. The van der Waals surface area contributed by atoms with Crippen molar-refractivity contribution < 1.29 is 9.59 Å². The fourth-order valence-electron chi connectivity index (χ4n) is 3.02. The molecular formula is C18H25ClN4O2S. The highest BCUT2D eigenvalue weighted by atomic mass is 35.5. The van der Waals surface area contributed by atoms with Gasteiger partial charge in [-0.1, -0.05) is 38.3 Å². The Morgan fingerprint density at radius 3 is 2.54 bits per heavy atom. The lowest BCUT2D eigenvalue weighted by Gasteiger charge is -2.35. The van der Waals surface area contributed by atoms with Crippen molar-refractivity contribution in [1.29, 1.82) is 0 Å². The number of carbonyl (C=O) groups excluding carboxylic acids is 2. The summed E-state index contributed by atoms with van der Waals surface area (Å²) in [4.78, 5) is 23.8. The molecule has 142 valence electrons. The Bertz CT molecular complexity index is 653. The SMILES string of the molecule is C[C@@H]1[C@H](C)CCC[C@H]1NC(=S)NNC(=O)CNC(=O)c1ccc(Cl)cc1. The molecule has 6 nitrogen and oxygen atoms in total. The van der Waals surface area contributed by atoms with Crippen LogP contribution in [0.25, 0.3) is 0 Å². The summed E-state index contributed by atoms with van der Waals surface area (Å²) >= 11 is 11.0. The van der Waals surface area contributed by atoms with E-state index in [0.29, 0.717) is 33.6 Å². The van der Waals surface area contributed by atoms with Crippen LogP contribution in [-0.2, 0) is 4.79 Å². The predicted molar refractivity (Wildman–Crippen MR) is 107 cm³/mol. The number of hydrazine groups is 1. The molecule has 0 aromatic heterocycles. The summed E-state index contributed by atoms with van der Waals surface area (Å²) in [5.74, 6) is 0.448. The molecule has 26 heavy (non-hydrogen) atoms. The maximum absolute atomic E-state index is 11.9. The van der Waals surface area contributed by atoms with Gasteiger partial charge in [-0.15, -0.1) is 0 Å². The van der Waals surface area contributed by atoms with Crippen LogP contribution in [0.3, 0.4) is 0 Å². The van der Waals surface area contributed by atoms with Gasteiger partial charge in [0.15, 0.2) is 5.11 Å². The zero-order chi connectivity index (χ0) is 19.1. The fourth-order valence-corrected chi connectivity index (χ4v) is 3.35. The number of hydrogen-bond acceptors (Lipinski definition) is 3. The van der Waals surface area contributed by atoms with Gasteiger partial charge in [0.2, 0.25) is 0 Å². The molecule has 0 spiro atoms. The summed E-state index contributed by atoms with van der Waals surface area (Å²) in [6.07, 6.45) is 3.48. The highest BCUT2D eigenvalue weighted by Crippen LogP contribution is 2.29. The lowest BCUT2D eigenvalue weighted by molar-refractivity contribution is -0.120. The Kier molecular flexibility index (Phi) is 7.66. The number of rotatable bonds is 4. The van der Waals surface area contributed by atoms with Gasteiger partial charge in [0.05, 0.1) is 6.54 Å². The predicted octanol–water partition coefficient (Wildman–Crippen LogP) is 2.39. The minimum Gasteiger partial charge on any atom is -0.358 e. The average Bonchev–Trinajstić information content (AvgIpc) is 2.62. The van der Waals surface area contributed by atoms with Gasteiger partial charge in [-0.3, -0.25) is 20.4 Å². The van der Waals surface area contributed by atoms with E-state index >= 15 is 0 Å². The number of thiocarbonyl (C=S) groups is 1. The number of benzene rings is 1. The summed E-state index contributed by atoms with van der Waals surface area (Å²) in [5, 5.41) is 6.72. The van der Waals surface area contributed by atoms with Gasteiger partial charge in [-0.05, 0) is 54.7 Å². The normalized spacial score (nSPS) is 22.2. The largest absolute Gasteiger partial charge is 0.358 e. The van der Waals surface area contributed by atoms with Crippen molar-refractivity contribution in [1.82, 2.24) is 21.5 Å². The second-order valence-corrected chi connectivity index (χ2v) is 7.55. The Labute approximate surface area is 164 Å². The lowest BCUT2D eigenvalue weighted by atomic mass is 9.78. The molecule has 3 atom stereocenters. The molecular weight excluding hydrogens is 372 g/mol. The van der Waals surface area contributed by atoms with E-state index in [1.807, 2.05) is 0 Å². The lowest BCUT2D eigenvalue weighted by Crippen LogP contribution is -2.53. The van der Waals surface area contributed by atoms with Gasteiger partial charge in [-0.2, -0.15) is 0 Å². The van der Waals surface area contributed by atoms with E-state index in [1.165, 1.54) is 12.8 Å². The summed E-state index contributed by atoms with van der Waals surface area (Å²) in [5.41, 5.74) is 5.61. The first-order valence-corrected chi connectivity index (χ1v) is 9.54. The molecule has 0 aliphatic heterocycles. The fraction of sp³-hybridized carbons (Fsp3) is 0.500. The van der Waals surface area contributed by atoms with Crippen LogP contribution in [0.4, 0.5) is 0 Å². The minimum atomic E-state index is -0.387. The van der Waals surface area contributed by atoms with E-state index < -0.39 is 0 Å². The van der Waals surface area contributed by atoms with Crippen molar-refractivity contribution in [3.05, 3.63) is 34.9 Å². The molecule has 0 unspecified atom stereocenters. The molecule has 1 aromatic carbocycles. The molecule has 0 radical (unpaired) electrons. The Balaban J connectivity index is 1.68. The summed E-state index contributed by atoms with van der Waals surface area (Å²) < 4.78 is 0. The van der Waals surface area contributed by atoms with E-state index in [9.17, 15) is 9.59 Å². The number of nitrogens with one attached hydrogen (secondary N) is 4. The first-order valence-electron chi connectivity index (χ1n) is 8.76. The minimum absolute atomic E-state index is 0.159. The Hall–Kier alpha value is -1.86. The van der Waals surface area contributed by atoms with Gasteiger partial charge in [0, 0.05) is 16.6 Å². The van der Waals surface area contributed by atoms with E-state index in [0.717, 1.165) is 6.42 Å². The molecule has 1 saturated carbocycles. The standard InChI is InChI=1S/C18H25ClN4O2S/c1-11-4-3-5-15(12(11)2)21-18(26)23-22-16(24)10-20-17(25)13-6-8-14(19)9-7-13/h6-9,11-12,15H,3-5,10H2,1-2H3,(H,20,25)(H,22,24)(H2,21,23,26)/t11-,12-,15-/m1/s1. The molecule has 8 heteroatoms. The first-order chi connectivity index (χ1) is 12.4. The monoisotopic (exact) mass is 396 g/mol. The van der Waals surface area contributed by atoms with Crippen molar-refractivity contribution in [2.75, 3.05) is 6.54 Å². The van der Waals surface area contributed by atoms with Crippen LogP contribution in [0.2, 0.25) is 5.02 Å². The van der Waals surface area contributed by atoms with Crippen LogP contribution < -0.4 is 21.5 Å². The van der Waals surface area contributed by atoms with E-state index in [2.05, 4.69) is 35.3 Å². The second-order valence-electron chi connectivity index (χ2n) is 6.71. The van der Waals surface area contributed by atoms with Gasteiger partial charge < -0.3 is 10.6 Å². The molecule has 0 bridgehead atoms. The Morgan fingerprint density at radius 2 is 1.85 bits per heavy atom. The molecule has 0 saturated heterocycles. The van der Waals surface area contributed by atoms with Gasteiger partial charge in [-0.25, -0.2) is 0 Å².